The molecule has 4 heteroatoms. The Labute approximate surface area is 119 Å². The van der Waals surface area contributed by atoms with Gasteiger partial charge >= 0.3 is 0 Å². The summed E-state index contributed by atoms with van der Waals surface area (Å²) in [5.41, 5.74) is 2.36. The lowest BCUT2D eigenvalue weighted by molar-refractivity contribution is 0.221. The third kappa shape index (κ3) is 2.98. The van der Waals surface area contributed by atoms with E-state index in [0.29, 0.717) is 6.04 Å². The zero-order chi connectivity index (χ0) is 12.4. The standard InChI is InChI=1S/C14H21NO2.BrH/c1-3-7-15(2)12-6-4-5-10-8-13(16)14(17)9-11(10)12;/h8-9,12,16-17H,3-7H2,1-2H3;1H. The molecule has 0 heterocycles. The molecule has 0 amide bonds. The summed E-state index contributed by atoms with van der Waals surface area (Å²) in [5, 5.41) is 19.2. The van der Waals surface area contributed by atoms with Crippen LogP contribution in [0.1, 0.15) is 43.4 Å². The Morgan fingerprint density at radius 1 is 1.28 bits per heavy atom. The molecule has 0 aliphatic heterocycles. The van der Waals surface area contributed by atoms with Crippen LogP contribution in [0.3, 0.4) is 0 Å². The molecule has 1 unspecified atom stereocenters. The fourth-order valence-electron chi connectivity index (χ4n) is 2.77. The molecule has 1 aromatic carbocycles. The minimum Gasteiger partial charge on any atom is -0.504 e. The van der Waals surface area contributed by atoms with Gasteiger partial charge in [-0.05, 0) is 62.5 Å². The molecule has 0 spiro atoms. The molecule has 102 valence electrons. The maximum absolute atomic E-state index is 9.64. The first kappa shape index (κ1) is 15.3. The van der Waals surface area contributed by atoms with Gasteiger partial charge in [-0.3, -0.25) is 4.90 Å². The van der Waals surface area contributed by atoms with E-state index >= 15 is 0 Å². The van der Waals surface area contributed by atoms with Crippen molar-refractivity contribution < 1.29 is 10.2 Å². The maximum atomic E-state index is 9.64. The monoisotopic (exact) mass is 315 g/mol. The predicted octanol–water partition coefficient (Wildman–Crippen LogP) is 3.39. The maximum Gasteiger partial charge on any atom is 0.157 e. The molecular weight excluding hydrogens is 294 g/mol. The molecule has 0 fully saturated rings. The molecule has 2 rings (SSSR count). The van der Waals surface area contributed by atoms with Gasteiger partial charge in [-0.1, -0.05) is 6.92 Å². The molecule has 0 radical (unpaired) electrons. The number of hydrogen-bond acceptors (Lipinski definition) is 3. The fraction of sp³-hybridized carbons (Fsp3) is 0.571. The highest BCUT2D eigenvalue weighted by Crippen LogP contribution is 2.39. The van der Waals surface area contributed by atoms with Crippen molar-refractivity contribution in [1.82, 2.24) is 4.90 Å². The lowest BCUT2D eigenvalue weighted by atomic mass is 9.86. The van der Waals surface area contributed by atoms with Crippen molar-refractivity contribution in [3.8, 4) is 11.5 Å². The van der Waals surface area contributed by atoms with Crippen molar-refractivity contribution in [2.24, 2.45) is 0 Å². The highest BCUT2D eigenvalue weighted by Gasteiger charge is 2.24. The molecule has 3 nitrogen and oxygen atoms in total. The van der Waals surface area contributed by atoms with Crippen LogP contribution in [-0.4, -0.2) is 28.7 Å². The van der Waals surface area contributed by atoms with E-state index in [2.05, 4.69) is 18.9 Å². The number of aryl methyl sites for hydroxylation is 1. The summed E-state index contributed by atoms with van der Waals surface area (Å²) < 4.78 is 0. The average Bonchev–Trinajstić information content (AvgIpc) is 2.30. The Morgan fingerprint density at radius 3 is 2.61 bits per heavy atom. The van der Waals surface area contributed by atoms with E-state index in [9.17, 15) is 10.2 Å². The Kier molecular flexibility index (Phi) is 5.47. The van der Waals surface area contributed by atoms with Gasteiger partial charge in [0.15, 0.2) is 11.5 Å². The number of halogens is 1. The predicted molar refractivity (Wildman–Crippen MR) is 78.7 cm³/mol. The van der Waals surface area contributed by atoms with E-state index in [1.165, 1.54) is 11.1 Å². The van der Waals surface area contributed by atoms with Crippen LogP contribution in [0.4, 0.5) is 0 Å². The fourth-order valence-corrected chi connectivity index (χ4v) is 2.77. The average molecular weight is 316 g/mol. The summed E-state index contributed by atoms with van der Waals surface area (Å²) in [6.45, 7) is 3.24. The van der Waals surface area contributed by atoms with Crippen molar-refractivity contribution in [3.63, 3.8) is 0 Å². The highest BCUT2D eigenvalue weighted by molar-refractivity contribution is 8.93. The molecule has 18 heavy (non-hydrogen) atoms. The van der Waals surface area contributed by atoms with E-state index in [0.717, 1.165) is 32.2 Å². The van der Waals surface area contributed by atoms with Crippen LogP contribution >= 0.6 is 17.0 Å². The van der Waals surface area contributed by atoms with E-state index < -0.39 is 0 Å². The Bertz CT molecular complexity index is 409. The van der Waals surface area contributed by atoms with Crippen molar-refractivity contribution >= 4 is 17.0 Å². The first-order valence-electron chi connectivity index (χ1n) is 6.38. The highest BCUT2D eigenvalue weighted by atomic mass is 79.9. The van der Waals surface area contributed by atoms with Gasteiger partial charge in [0.1, 0.15) is 0 Å². The molecule has 0 aromatic heterocycles. The molecule has 1 atom stereocenters. The summed E-state index contributed by atoms with van der Waals surface area (Å²) in [6.07, 6.45) is 4.41. The smallest absolute Gasteiger partial charge is 0.157 e. The molecule has 1 aliphatic rings. The van der Waals surface area contributed by atoms with Crippen LogP contribution in [0, 0.1) is 0 Å². The SMILES string of the molecule is Br.CCCN(C)C1CCCc2cc(O)c(O)cc21. The lowest BCUT2D eigenvalue weighted by Crippen LogP contribution is -2.28. The number of nitrogens with zero attached hydrogens (tertiary/aromatic N) is 1. The number of aromatic hydroxyl groups is 2. The quantitative estimate of drug-likeness (QED) is 0.840. The van der Waals surface area contributed by atoms with Crippen molar-refractivity contribution in [1.29, 1.82) is 0 Å². The van der Waals surface area contributed by atoms with Crippen molar-refractivity contribution in [3.05, 3.63) is 23.3 Å². The van der Waals surface area contributed by atoms with E-state index in [-0.39, 0.29) is 28.5 Å². The minimum absolute atomic E-state index is 0. The number of phenolic OH excluding ortho intramolecular Hbond substituents is 2. The number of rotatable bonds is 3. The molecule has 1 aromatic rings. The minimum atomic E-state index is 0. The summed E-state index contributed by atoms with van der Waals surface area (Å²) in [6, 6.07) is 3.84. The van der Waals surface area contributed by atoms with Gasteiger partial charge < -0.3 is 10.2 Å². The number of hydrogen-bond donors (Lipinski definition) is 2. The van der Waals surface area contributed by atoms with Crippen molar-refractivity contribution in [2.75, 3.05) is 13.6 Å². The van der Waals surface area contributed by atoms with E-state index in [1.54, 1.807) is 12.1 Å². The third-order valence-electron chi connectivity index (χ3n) is 3.63. The summed E-state index contributed by atoms with van der Waals surface area (Å²) >= 11 is 0. The summed E-state index contributed by atoms with van der Waals surface area (Å²) in [5.74, 6) is 0.00286. The molecule has 0 saturated heterocycles. The summed E-state index contributed by atoms with van der Waals surface area (Å²) in [4.78, 5) is 2.34. The molecule has 1 aliphatic carbocycles. The first-order valence-corrected chi connectivity index (χ1v) is 6.38. The largest absolute Gasteiger partial charge is 0.504 e. The molecule has 0 saturated carbocycles. The van der Waals surface area contributed by atoms with Crippen LogP contribution in [0.5, 0.6) is 11.5 Å². The topological polar surface area (TPSA) is 43.7 Å². The van der Waals surface area contributed by atoms with E-state index in [4.69, 9.17) is 0 Å². The van der Waals surface area contributed by atoms with Gasteiger partial charge in [-0.15, -0.1) is 17.0 Å². The van der Waals surface area contributed by atoms with Crippen molar-refractivity contribution in [2.45, 2.75) is 38.6 Å². The third-order valence-corrected chi connectivity index (χ3v) is 3.63. The van der Waals surface area contributed by atoms with Gasteiger partial charge in [-0.25, -0.2) is 0 Å². The number of benzene rings is 1. The van der Waals surface area contributed by atoms with Gasteiger partial charge in [-0.2, -0.15) is 0 Å². The van der Waals surface area contributed by atoms with Crippen LogP contribution in [0.2, 0.25) is 0 Å². The zero-order valence-electron chi connectivity index (χ0n) is 11.0. The number of fused-ring (bicyclic) bond motifs is 1. The second-order valence-corrected chi connectivity index (χ2v) is 4.93. The van der Waals surface area contributed by atoms with Crippen LogP contribution in [0.25, 0.3) is 0 Å². The second kappa shape index (κ2) is 6.43. The van der Waals surface area contributed by atoms with Gasteiger partial charge in [0, 0.05) is 6.04 Å². The first-order chi connectivity index (χ1) is 8.13. The number of phenols is 2. The van der Waals surface area contributed by atoms with Crippen LogP contribution < -0.4 is 0 Å². The Hall–Kier alpha value is -0.740. The van der Waals surface area contributed by atoms with Gasteiger partial charge in [0.2, 0.25) is 0 Å². The molecule has 2 N–H and O–H groups in total. The Balaban J connectivity index is 0.00000162. The van der Waals surface area contributed by atoms with E-state index in [1.807, 2.05) is 0 Å². The normalized spacial score (nSPS) is 18.3. The zero-order valence-corrected chi connectivity index (χ0v) is 12.7. The Morgan fingerprint density at radius 2 is 1.94 bits per heavy atom. The van der Waals surface area contributed by atoms with Gasteiger partial charge in [0.25, 0.3) is 0 Å². The van der Waals surface area contributed by atoms with Crippen LogP contribution in [-0.2, 0) is 6.42 Å². The van der Waals surface area contributed by atoms with Crippen LogP contribution in [0.15, 0.2) is 12.1 Å². The second-order valence-electron chi connectivity index (χ2n) is 4.93. The van der Waals surface area contributed by atoms with Gasteiger partial charge in [0.05, 0.1) is 0 Å². The lowest BCUT2D eigenvalue weighted by Gasteiger charge is -2.33. The molecule has 0 bridgehead atoms. The molecular formula is C14H22BrNO2. The summed E-state index contributed by atoms with van der Waals surface area (Å²) in [7, 11) is 2.13.